The van der Waals surface area contributed by atoms with Crippen molar-refractivity contribution in [3.8, 4) is 0 Å². The van der Waals surface area contributed by atoms with Crippen LogP contribution in [-0.2, 0) is 11.2 Å². The highest BCUT2D eigenvalue weighted by Crippen LogP contribution is 2.04. The van der Waals surface area contributed by atoms with Gasteiger partial charge in [-0.15, -0.1) is 0 Å². The molecule has 0 saturated carbocycles. The van der Waals surface area contributed by atoms with Crippen molar-refractivity contribution in [2.45, 2.75) is 20.3 Å². The Labute approximate surface area is 105 Å². The molecular weight excluding hydrogens is 303 g/mol. The van der Waals surface area contributed by atoms with Gasteiger partial charge in [-0.2, -0.15) is 0 Å². The molecule has 0 atom stereocenters. The Balaban J connectivity index is 0. The van der Waals surface area contributed by atoms with E-state index in [1.54, 1.807) is 18.2 Å². The number of alkyl halides is 1. The highest BCUT2D eigenvalue weighted by molar-refractivity contribution is 14.1. The summed E-state index contributed by atoms with van der Waals surface area (Å²) in [5.41, 5.74) is 1.39. The Morgan fingerprint density at radius 2 is 1.67 bits per heavy atom. The van der Waals surface area contributed by atoms with Crippen molar-refractivity contribution in [3.63, 3.8) is 0 Å². The summed E-state index contributed by atoms with van der Waals surface area (Å²) in [6, 6.07) is 7.06. The van der Waals surface area contributed by atoms with Crippen LogP contribution in [0.3, 0.4) is 0 Å². The molecule has 0 aromatic heterocycles. The number of benzene rings is 1. The first kappa shape index (κ1) is 16.7. The SMILES string of the molecule is CC.CI.O=CCc1ccccc1C=O. The second kappa shape index (κ2) is 13.3. The lowest BCUT2D eigenvalue weighted by Gasteiger charge is -1.96. The van der Waals surface area contributed by atoms with Crippen molar-refractivity contribution in [3.05, 3.63) is 35.4 Å². The lowest BCUT2D eigenvalue weighted by molar-refractivity contribution is -0.107. The summed E-state index contributed by atoms with van der Waals surface area (Å²) < 4.78 is 0. The predicted molar refractivity (Wildman–Crippen MR) is 72.9 cm³/mol. The summed E-state index contributed by atoms with van der Waals surface area (Å²) in [7, 11) is 0. The number of halogens is 1. The average Bonchev–Trinajstić information content (AvgIpc) is 2.35. The molecule has 1 aromatic carbocycles. The highest BCUT2D eigenvalue weighted by atomic mass is 127. The zero-order chi connectivity index (χ0) is 12.1. The summed E-state index contributed by atoms with van der Waals surface area (Å²) in [5.74, 6) is 0. The largest absolute Gasteiger partial charge is 0.303 e. The van der Waals surface area contributed by atoms with E-state index in [9.17, 15) is 9.59 Å². The highest BCUT2D eigenvalue weighted by Gasteiger charge is 1.97. The van der Waals surface area contributed by atoms with Crippen LogP contribution in [0.4, 0.5) is 0 Å². The molecule has 0 aliphatic heterocycles. The maximum Gasteiger partial charge on any atom is 0.150 e. The average molecular weight is 320 g/mol. The molecule has 84 valence electrons. The summed E-state index contributed by atoms with van der Waals surface area (Å²) in [5, 5.41) is 0. The molecule has 15 heavy (non-hydrogen) atoms. The topological polar surface area (TPSA) is 34.1 Å². The van der Waals surface area contributed by atoms with Crippen molar-refractivity contribution in [2.75, 3.05) is 4.93 Å². The molecule has 0 radical (unpaired) electrons. The molecule has 0 heterocycles. The Hall–Kier alpha value is -0.710. The van der Waals surface area contributed by atoms with Crippen LogP contribution in [-0.4, -0.2) is 17.5 Å². The summed E-state index contributed by atoms with van der Waals surface area (Å²) in [6.45, 7) is 4.00. The molecule has 0 unspecified atom stereocenters. The Morgan fingerprint density at radius 1 is 1.13 bits per heavy atom. The van der Waals surface area contributed by atoms with E-state index in [-0.39, 0.29) is 0 Å². The minimum atomic E-state index is 0.314. The van der Waals surface area contributed by atoms with Gasteiger partial charge in [0.1, 0.15) is 12.6 Å². The van der Waals surface area contributed by atoms with Crippen molar-refractivity contribution >= 4 is 35.2 Å². The Morgan fingerprint density at radius 3 is 2.13 bits per heavy atom. The van der Waals surface area contributed by atoms with E-state index in [1.165, 1.54) is 0 Å². The molecule has 0 aliphatic carbocycles. The van der Waals surface area contributed by atoms with Gasteiger partial charge in [-0.25, -0.2) is 0 Å². The number of rotatable bonds is 3. The van der Waals surface area contributed by atoms with Gasteiger partial charge in [-0.3, -0.25) is 4.79 Å². The van der Waals surface area contributed by atoms with Crippen LogP contribution in [0.2, 0.25) is 0 Å². The van der Waals surface area contributed by atoms with Crippen LogP contribution in [0.25, 0.3) is 0 Å². The molecule has 0 spiro atoms. The summed E-state index contributed by atoms with van der Waals surface area (Å²) in [4.78, 5) is 22.5. The number of carbonyl (C=O) groups is 2. The second-order valence-electron chi connectivity index (χ2n) is 2.19. The smallest absolute Gasteiger partial charge is 0.150 e. The lowest BCUT2D eigenvalue weighted by Crippen LogP contribution is -1.92. The van der Waals surface area contributed by atoms with Crippen molar-refractivity contribution < 1.29 is 9.59 Å². The number of aldehydes is 2. The molecule has 0 saturated heterocycles. The van der Waals surface area contributed by atoms with E-state index in [0.29, 0.717) is 12.0 Å². The molecule has 0 bridgehead atoms. The van der Waals surface area contributed by atoms with Gasteiger partial charge in [0.2, 0.25) is 0 Å². The van der Waals surface area contributed by atoms with Gasteiger partial charge < -0.3 is 4.79 Å². The van der Waals surface area contributed by atoms with Crippen LogP contribution >= 0.6 is 22.6 Å². The van der Waals surface area contributed by atoms with Crippen LogP contribution < -0.4 is 0 Å². The van der Waals surface area contributed by atoms with E-state index in [4.69, 9.17) is 0 Å². The minimum Gasteiger partial charge on any atom is -0.303 e. The zero-order valence-electron chi connectivity index (χ0n) is 9.37. The van der Waals surface area contributed by atoms with Gasteiger partial charge in [-0.1, -0.05) is 60.7 Å². The maximum absolute atomic E-state index is 10.4. The second-order valence-corrected chi connectivity index (χ2v) is 2.19. The van der Waals surface area contributed by atoms with Crippen LogP contribution in [0.15, 0.2) is 24.3 Å². The van der Waals surface area contributed by atoms with Crippen LogP contribution in [0.5, 0.6) is 0 Å². The van der Waals surface area contributed by atoms with Gasteiger partial charge in [-0.05, 0) is 10.5 Å². The molecule has 0 aliphatic rings. The maximum atomic E-state index is 10.4. The predicted octanol–water partition coefficient (Wildman–Crippen LogP) is 3.32. The summed E-state index contributed by atoms with van der Waals surface area (Å²) >= 11 is 2.15. The molecule has 0 fully saturated rings. The van der Waals surface area contributed by atoms with E-state index in [0.717, 1.165) is 18.1 Å². The van der Waals surface area contributed by atoms with Crippen molar-refractivity contribution in [1.29, 1.82) is 0 Å². The van der Waals surface area contributed by atoms with E-state index >= 15 is 0 Å². The van der Waals surface area contributed by atoms with E-state index in [2.05, 4.69) is 22.6 Å². The fraction of sp³-hybridized carbons (Fsp3) is 0.333. The fourth-order valence-corrected chi connectivity index (χ4v) is 0.925. The number of carbonyl (C=O) groups excluding carboxylic acids is 2. The molecule has 1 rings (SSSR count). The first-order valence-corrected chi connectivity index (χ1v) is 6.88. The van der Waals surface area contributed by atoms with Crippen molar-refractivity contribution in [1.82, 2.24) is 0 Å². The number of hydrogen-bond acceptors (Lipinski definition) is 2. The third-order valence-electron chi connectivity index (χ3n) is 1.49. The van der Waals surface area contributed by atoms with Gasteiger partial charge in [0.15, 0.2) is 0 Å². The van der Waals surface area contributed by atoms with Crippen molar-refractivity contribution in [2.24, 2.45) is 0 Å². The molecule has 0 N–H and O–H groups in total. The lowest BCUT2D eigenvalue weighted by atomic mass is 10.1. The van der Waals surface area contributed by atoms with Crippen LogP contribution in [0.1, 0.15) is 29.8 Å². The third kappa shape index (κ3) is 7.25. The van der Waals surface area contributed by atoms with E-state index in [1.807, 2.05) is 24.8 Å². The van der Waals surface area contributed by atoms with Gasteiger partial charge in [0.25, 0.3) is 0 Å². The molecule has 1 aromatic rings. The minimum absolute atomic E-state index is 0.314. The normalized spacial score (nSPS) is 7.47. The third-order valence-corrected chi connectivity index (χ3v) is 1.49. The number of hydrogen-bond donors (Lipinski definition) is 0. The first-order chi connectivity index (χ1) is 7.38. The molecule has 2 nitrogen and oxygen atoms in total. The van der Waals surface area contributed by atoms with Gasteiger partial charge in [0.05, 0.1) is 0 Å². The Bertz CT molecular complexity index is 272. The monoisotopic (exact) mass is 320 g/mol. The van der Waals surface area contributed by atoms with E-state index < -0.39 is 0 Å². The Kier molecular flexibility index (Phi) is 14.8. The first-order valence-electron chi connectivity index (χ1n) is 4.73. The molecule has 3 heteroatoms. The van der Waals surface area contributed by atoms with Crippen LogP contribution in [0, 0.1) is 0 Å². The summed E-state index contributed by atoms with van der Waals surface area (Å²) in [6.07, 6.45) is 1.87. The quantitative estimate of drug-likeness (QED) is 0.486. The molecular formula is C12H17IO2. The van der Waals surface area contributed by atoms with Gasteiger partial charge in [0, 0.05) is 12.0 Å². The van der Waals surface area contributed by atoms with Gasteiger partial charge >= 0.3 is 0 Å². The molecule has 0 amide bonds. The zero-order valence-corrected chi connectivity index (χ0v) is 11.5. The standard InChI is InChI=1S/C9H8O2.C2H6.CH3I/c10-6-5-8-3-1-2-4-9(8)7-11;2*1-2/h1-4,6-7H,5H2;1-2H3;1H3. The fourth-order valence-electron chi connectivity index (χ4n) is 0.925.